The van der Waals surface area contributed by atoms with Crippen molar-refractivity contribution >= 4 is 11.6 Å². The number of hydrogen-bond donors (Lipinski definition) is 1. The van der Waals surface area contributed by atoms with E-state index in [-0.39, 0.29) is 29.2 Å². The van der Waals surface area contributed by atoms with Gasteiger partial charge in [0.1, 0.15) is 5.56 Å². The Labute approximate surface area is 143 Å². The number of fused-ring (bicyclic) bond motifs is 1. The SMILES string of the molecule is CCOC(=O)c1c(C)nn2c(=O)cc(-c3cc(F)c(F)c(F)c3F)[nH]c12. The number of rotatable bonds is 3. The number of carbonyl (C=O) groups excluding carboxylic acids is 1. The minimum atomic E-state index is -2.02. The normalized spacial score (nSPS) is 11.2. The molecule has 136 valence electrons. The Hall–Kier alpha value is -3.17. The molecular weight excluding hydrogens is 358 g/mol. The molecule has 3 rings (SSSR count). The van der Waals surface area contributed by atoms with Crippen LogP contribution in [0.25, 0.3) is 16.9 Å². The molecule has 0 saturated heterocycles. The van der Waals surface area contributed by atoms with Crippen molar-refractivity contribution in [1.82, 2.24) is 14.6 Å². The van der Waals surface area contributed by atoms with E-state index in [1.807, 2.05) is 0 Å². The van der Waals surface area contributed by atoms with E-state index in [9.17, 15) is 27.2 Å². The number of ether oxygens (including phenoxy) is 1. The van der Waals surface area contributed by atoms with Crippen LogP contribution in [-0.2, 0) is 4.74 Å². The number of halogens is 4. The van der Waals surface area contributed by atoms with Gasteiger partial charge >= 0.3 is 5.97 Å². The molecule has 0 atom stereocenters. The average molecular weight is 369 g/mol. The zero-order valence-electron chi connectivity index (χ0n) is 13.5. The van der Waals surface area contributed by atoms with Crippen LogP contribution in [0.1, 0.15) is 23.0 Å². The lowest BCUT2D eigenvalue weighted by molar-refractivity contribution is 0.0527. The van der Waals surface area contributed by atoms with Gasteiger partial charge in [-0.05, 0) is 19.9 Å². The molecule has 3 aromatic rings. The lowest BCUT2D eigenvalue weighted by Gasteiger charge is -2.07. The van der Waals surface area contributed by atoms with E-state index in [0.717, 1.165) is 10.6 Å². The molecule has 0 aliphatic carbocycles. The molecule has 0 saturated carbocycles. The van der Waals surface area contributed by atoms with E-state index in [0.29, 0.717) is 6.07 Å². The van der Waals surface area contributed by atoms with Crippen molar-refractivity contribution in [3.05, 3.63) is 57.0 Å². The van der Waals surface area contributed by atoms with Crippen LogP contribution in [0, 0.1) is 30.2 Å². The number of esters is 1. The average Bonchev–Trinajstić information content (AvgIpc) is 2.93. The zero-order chi connectivity index (χ0) is 19.2. The second kappa shape index (κ2) is 6.28. The molecule has 0 unspecified atom stereocenters. The Balaban J connectivity index is 2.32. The smallest absolute Gasteiger partial charge is 0.343 e. The third kappa shape index (κ3) is 2.63. The summed E-state index contributed by atoms with van der Waals surface area (Å²) >= 11 is 0. The first-order valence-corrected chi connectivity index (χ1v) is 7.39. The fourth-order valence-corrected chi connectivity index (χ4v) is 2.51. The maximum Gasteiger partial charge on any atom is 0.343 e. The number of nitrogens with one attached hydrogen (secondary N) is 1. The van der Waals surface area contributed by atoms with Crippen LogP contribution >= 0.6 is 0 Å². The maximum absolute atomic E-state index is 14.0. The summed E-state index contributed by atoms with van der Waals surface area (Å²) in [7, 11) is 0. The maximum atomic E-state index is 14.0. The van der Waals surface area contributed by atoms with Gasteiger partial charge in [-0.3, -0.25) is 4.79 Å². The van der Waals surface area contributed by atoms with E-state index in [1.165, 1.54) is 6.92 Å². The third-order valence-corrected chi connectivity index (χ3v) is 3.66. The van der Waals surface area contributed by atoms with Crippen LogP contribution in [0.4, 0.5) is 17.6 Å². The molecule has 10 heteroatoms. The van der Waals surface area contributed by atoms with E-state index in [2.05, 4.69) is 10.1 Å². The van der Waals surface area contributed by atoms with Crippen LogP contribution in [0.3, 0.4) is 0 Å². The largest absolute Gasteiger partial charge is 0.462 e. The second-order valence-electron chi connectivity index (χ2n) is 5.31. The van der Waals surface area contributed by atoms with Gasteiger partial charge in [0, 0.05) is 11.6 Å². The molecule has 0 fully saturated rings. The molecule has 0 amide bonds. The molecule has 26 heavy (non-hydrogen) atoms. The number of nitrogens with zero attached hydrogens (tertiary/aromatic N) is 2. The first-order chi connectivity index (χ1) is 12.3. The predicted molar refractivity (Wildman–Crippen MR) is 81.8 cm³/mol. The quantitative estimate of drug-likeness (QED) is 0.333. The van der Waals surface area contributed by atoms with Gasteiger partial charge in [0.15, 0.2) is 28.9 Å². The summed E-state index contributed by atoms with van der Waals surface area (Å²) < 4.78 is 59.8. The van der Waals surface area contributed by atoms with E-state index < -0.39 is 40.4 Å². The van der Waals surface area contributed by atoms with Crippen molar-refractivity contribution in [2.75, 3.05) is 6.61 Å². The van der Waals surface area contributed by atoms with Gasteiger partial charge in [-0.1, -0.05) is 0 Å². The minimum absolute atomic E-state index is 0.0581. The summed E-state index contributed by atoms with van der Waals surface area (Å²) in [4.78, 5) is 26.8. The lowest BCUT2D eigenvalue weighted by Crippen LogP contribution is -2.16. The Morgan fingerprint density at radius 1 is 1.19 bits per heavy atom. The highest BCUT2D eigenvalue weighted by Crippen LogP contribution is 2.27. The molecule has 0 spiro atoms. The Morgan fingerprint density at radius 2 is 1.88 bits per heavy atom. The fraction of sp³-hybridized carbons (Fsp3) is 0.188. The van der Waals surface area contributed by atoms with Gasteiger partial charge in [-0.15, -0.1) is 0 Å². The van der Waals surface area contributed by atoms with Gasteiger partial charge in [0.2, 0.25) is 0 Å². The van der Waals surface area contributed by atoms with Crippen LogP contribution in [0.2, 0.25) is 0 Å². The molecule has 1 aromatic carbocycles. The van der Waals surface area contributed by atoms with E-state index >= 15 is 0 Å². The van der Waals surface area contributed by atoms with Crippen molar-refractivity contribution < 1.29 is 27.1 Å². The molecule has 0 aliphatic heterocycles. The molecule has 2 aromatic heterocycles. The number of hydrogen-bond acceptors (Lipinski definition) is 4. The first kappa shape index (κ1) is 17.6. The molecule has 2 heterocycles. The van der Waals surface area contributed by atoms with Crippen LogP contribution in [-0.4, -0.2) is 27.2 Å². The number of H-pyrrole nitrogens is 1. The van der Waals surface area contributed by atoms with Gasteiger partial charge in [-0.25, -0.2) is 22.4 Å². The number of carbonyl (C=O) groups is 1. The number of aromatic amines is 1. The lowest BCUT2D eigenvalue weighted by atomic mass is 10.1. The molecule has 0 aliphatic rings. The first-order valence-electron chi connectivity index (χ1n) is 7.39. The number of aromatic nitrogens is 3. The highest BCUT2D eigenvalue weighted by atomic mass is 19.2. The Bertz CT molecular complexity index is 1100. The zero-order valence-corrected chi connectivity index (χ0v) is 13.5. The van der Waals surface area contributed by atoms with Crippen molar-refractivity contribution in [2.24, 2.45) is 0 Å². The summed E-state index contributed by atoms with van der Waals surface area (Å²) in [5.74, 6) is -8.09. The number of aryl methyl sites for hydroxylation is 1. The summed E-state index contributed by atoms with van der Waals surface area (Å²) in [5, 5.41) is 3.89. The Morgan fingerprint density at radius 3 is 2.54 bits per heavy atom. The second-order valence-corrected chi connectivity index (χ2v) is 5.31. The van der Waals surface area contributed by atoms with Crippen LogP contribution in [0.5, 0.6) is 0 Å². The van der Waals surface area contributed by atoms with Gasteiger partial charge in [0.25, 0.3) is 5.56 Å². The van der Waals surface area contributed by atoms with Gasteiger partial charge in [-0.2, -0.15) is 9.61 Å². The topological polar surface area (TPSA) is 76.5 Å². The number of benzene rings is 1. The third-order valence-electron chi connectivity index (χ3n) is 3.66. The molecule has 0 bridgehead atoms. The predicted octanol–water partition coefficient (Wildman–Crippen LogP) is 2.73. The summed E-state index contributed by atoms with van der Waals surface area (Å²) in [6.07, 6.45) is 0. The van der Waals surface area contributed by atoms with Crippen LogP contribution in [0.15, 0.2) is 16.9 Å². The molecule has 1 N–H and O–H groups in total. The van der Waals surface area contributed by atoms with E-state index in [1.54, 1.807) is 6.92 Å². The van der Waals surface area contributed by atoms with Crippen molar-refractivity contribution in [2.45, 2.75) is 13.8 Å². The van der Waals surface area contributed by atoms with Crippen LogP contribution < -0.4 is 5.56 Å². The fourth-order valence-electron chi connectivity index (χ4n) is 2.51. The molecular formula is C16H11F4N3O3. The highest BCUT2D eigenvalue weighted by molar-refractivity contribution is 5.97. The van der Waals surface area contributed by atoms with Crippen molar-refractivity contribution in [3.8, 4) is 11.3 Å². The molecule has 6 nitrogen and oxygen atoms in total. The van der Waals surface area contributed by atoms with Crippen molar-refractivity contribution in [3.63, 3.8) is 0 Å². The van der Waals surface area contributed by atoms with Crippen molar-refractivity contribution in [1.29, 1.82) is 0 Å². The standard InChI is InChI=1S/C16H11F4N3O3/c1-3-26-16(25)11-6(2)22-23-10(24)5-9(21-15(11)23)7-4-8(17)13(19)14(20)12(7)18/h4-5,21H,3H2,1-2H3. The Kier molecular flexibility index (Phi) is 4.26. The van der Waals surface area contributed by atoms with Gasteiger partial charge in [0.05, 0.1) is 18.0 Å². The summed E-state index contributed by atoms with van der Waals surface area (Å²) in [6, 6.07) is 1.23. The highest BCUT2D eigenvalue weighted by Gasteiger charge is 2.24. The molecule has 0 radical (unpaired) electrons. The minimum Gasteiger partial charge on any atom is -0.462 e. The van der Waals surface area contributed by atoms with E-state index in [4.69, 9.17) is 4.74 Å². The van der Waals surface area contributed by atoms with Gasteiger partial charge < -0.3 is 9.72 Å². The summed E-state index contributed by atoms with van der Waals surface area (Å²) in [6.45, 7) is 3.08. The monoisotopic (exact) mass is 369 g/mol. The summed E-state index contributed by atoms with van der Waals surface area (Å²) in [5.41, 5.74) is -1.94.